The number of allylic oxidation sites excluding steroid dienone is 12. The van der Waals surface area contributed by atoms with Crippen molar-refractivity contribution < 1.29 is 105 Å². The van der Waals surface area contributed by atoms with Gasteiger partial charge in [0.25, 0.3) is 0 Å². The lowest BCUT2D eigenvalue weighted by atomic mass is 9.81. The Morgan fingerprint density at radius 2 is 1.25 bits per heavy atom. The van der Waals surface area contributed by atoms with Crippen molar-refractivity contribution in [3.8, 4) is 0 Å². The Bertz CT molecular complexity index is 2190. The third-order valence-electron chi connectivity index (χ3n) is 16.4. The molecule has 24 heteroatoms. The molecule has 4 fully saturated rings. The SMILES string of the molecule is CCN1CCN(C(=O)C2C3C[C@@H](OC4O[C@H](C)[C@@H](O)[C@H](NC[C@@]5(O)OC[C@@H](O)[C@@H](O)[C@@H]5O)[C@@H]4O)C=CC=CC=CC=CC=CC=CC=C[C@H](C)[C@@H](O)C(C)[C@H](C)OC(=O)C[C@H](O)C[C@H](O)CC[C@@H](O)[C@H](O)C[C@H](O)C[C@](O)(C[C@@H]2O)O3)CC1. The van der Waals surface area contributed by atoms with Gasteiger partial charge >= 0.3 is 5.97 Å². The van der Waals surface area contributed by atoms with Crippen LogP contribution >= 0.6 is 0 Å². The normalized spacial score (nSPS) is 42.5. The minimum atomic E-state index is -2.46. The van der Waals surface area contributed by atoms with E-state index in [1.807, 2.05) is 19.9 Å². The second-order valence-corrected chi connectivity index (χ2v) is 23.0. The monoisotopic (exact) mass is 1180 g/mol. The van der Waals surface area contributed by atoms with E-state index in [-0.39, 0.29) is 31.6 Å². The Labute approximate surface area is 486 Å². The summed E-state index contributed by atoms with van der Waals surface area (Å²) in [6, 6.07) is -1.34. The number of piperazine rings is 1. The lowest BCUT2D eigenvalue weighted by Gasteiger charge is -2.48. The molecule has 5 heterocycles. The largest absolute Gasteiger partial charge is 0.462 e. The highest BCUT2D eigenvalue weighted by molar-refractivity contribution is 5.80. The summed E-state index contributed by atoms with van der Waals surface area (Å²) in [6.07, 6.45) is -2.61. The summed E-state index contributed by atoms with van der Waals surface area (Å²) in [5, 5.41) is 158. The molecular weight excluding hydrogens is 1090 g/mol. The summed E-state index contributed by atoms with van der Waals surface area (Å²) in [5.74, 6) is -8.11. The number of ether oxygens (including phenoxy) is 5. The number of hydrogen-bond donors (Lipinski definition) is 15. The van der Waals surface area contributed by atoms with Gasteiger partial charge in [0.05, 0.1) is 98.7 Å². The Hall–Kier alpha value is -3.68. The molecule has 0 aliphatic carbocycles. The van der Waals surface area contributed by atoms with E-state index in [1.54, 1.807) is 97.7 Å². The Balaban J connectivity index is 1.44. The van der Waals surface area contributed by atoms with Gasteiger partial charge in [0.2, 0.25) is 11.7 Å². The van der Waals surface area contributed by atoms with Crippen molar-refractivity contribution in [2.24, 2.45) is 17.8 Å². The zero-order valence-electron chi connectivity index (χ0n) is 48.3. The molecule has 0 aromatic heterocycles. The molecule has 24 nitrogen and oxygen atoms in total. The first kappa shape index (κ1) is 70.1. The third kappa shape index (κ3) is 21.0. The number of amides is 1. The maximum atomic E-state index is 14.6. The van der Waals surface area contributed by atoms with Crippen molar-refractivity contribution in [2.45, 2.75) is 208 Å². The molecule has 23 atom stereocenters. The first-order chi connectivity index (χ1) is 39.3. The number of hydrogen-bond acceptors (Lipinski definition) is 23. The maximum absolute atomic E-state index is 14.6. The molecule has 83 heavy (non-hydrogen) atoms. The third-order valence-corrected chi connectivity index (χ3v) is 16.4. The Morgan fingerprint density at radius 3 is 1.87 bits per heavy atom. The minimum absolute atomic E-state index is 0.124. The fourth-order valence-electron chi connectivity index (χ4n) is 11.0. The highest BCUT2D eigenvalue weighted by atomic mass is 16.7. The number of nitrogens with one attached hydrogen (secondary N) is 1. The number of aliphatic hydroxyl groups is 14. The Kier molecular flexibility index (Phi) is 28.2. The van der Waals surface area contributed by atoms with Gasteiger partial charge in [-0.1, -0.05) is 106 Å². The van der Waals surface area contributed by atoms with Gasteiger partial charge in [-0.3, -0.25) is 9.59 Å². The number of nitrogens with zero attached hydrogens (tertiary/aromatic N) is 2. The zero-order valence-corrected chi connectivity index (χ0v) is 48.3. The van der Waals surface area contributed by atoms with Crippen molar-refractivity contribution in [1.29, 1.82) is 0 Å². The number of rotatable bonds is 7. The van der Waals surface area contributed by atoms with Crippen molar-refractivity contribution in [1.82, 2.24) is 15.1 Å². The number of likely N-dealkylation sites (N-methyl/N-ethyl adjacent to an activating group) is 1. The summed E-state index contributed by atoms with van der Waals surface area (Å²) in [6.45, 7) is 10.0. The smallest absolute Gasteiger partial charge is 0.308 e. The summed E-state index contributed by atoms with van der Waals surface area (Å²) < 4.78 is 29.6. The second kappa shape index (κ2) is 33.4. The van der Waals surface area contributed by atoms with E-state index in [0.29, 0.717) is 26.2 Å². The number of carbonyl (C=O) groups excluding carboxylic acids is 2. The topological polar surface area (TPSA) is 382 Å². The highest BCUT2D eigenvalue weighted by Crippen LogP contribution is 2.39. The molecule has 4 saturated heterocycles. The quantitative estimate of drug-likeness (QED) is 0.125. The average molecular weight is 1180 g/mol. The molecule has 0 saturated carbocycles. The van der Waals surface area contributed by atoms with Crippen LogP contribution in [0.3, 0.4) is 0 Å². The van der Waals surface area contributed by atoms with E-state index in [0.717, 1.165) is 6.54 Å². The van der Waals surface area contributed by atoms with Crippen LogP contribution in [0.25, 0.3) is 0 Å². The molecule has 15 N–H and O–H groups in total. The summed E-state index contributed by atoms with van der Waals surface area (Å²) >= 11 is 0. The fraction of sp³-hybridized carbons (Fsp3) is 0.729. The van der Waals surface area contributed by atoms with Gasteiger partial charge in [-0.25, -0.2) is 0 Å². The predicted molar refractivity (Wildman–Crippen MR) is 301 cm³/mol. The van der Waals surface area contributed by atoms with Crippen LogP contribution in [0.2, 0.25) is 0 Å². The van der Waals surface area contributed by atoms with Gasteiger partial charge in [-0.2, -0.15) is 0 Å². The van der Waals surface area contributed by atoms with E-state index < -0.39 is 184 Å². The highest BCUT2D eigenvalue weighted by Gasteiger charge is 2.53. The number of fused-ring (bicyclic) bond motifs is 2. The molecule has 5 rings (SSSR count). The van der Waals surface area contributed by atoms with Crippen LogP contribution in [-0.4, -0.2) is 261 Å². The van der Waals surface area contributed by atoms with Crippen molar-refractivity contribution in [2.75, 3.05) is 45.9 Å². The first-order valence-corrected chi connectivity index (χ1v) is 29.1. The van der Waals surface area contributed by atoms with E-state index >= 15 is 0 Å². The van der Waals surface area contributed by atoms with Crippen molar-refractivity contribution >= 4 is 11.9 Å². The molecule has 2 bridgehead atoms. The molecule has 0 aromatic rings. The molecule has 4 unspecified atom stereocenters. The van der Waals surface area contributed by atoms with Crippen LogP contribution in [0.1, 0.15) is 86.0 Å². The molecule has 0 aromatic carbocycles. The molecular formula is C59H95N3O21. The number of esters is 1. The van der Waals surface area contributed by atoms with Crippen LogP contribution < -0.4 is 5.32 Å². The molecule has 0 spiro atoms. The molecule has 5 aliphatic rings. The van der Waals surface area contributed by atoms with E-state index in [4.69, 9.17) is 23.7 Å². The van der Waals surface area contributed by atoms with E-state index in [9.17, 15) is 81.1 Å². The van der Waals surface area contributed by atoms with Gasteiger partial charge < -0.3 is 110 Å². The molecule has 0 radical (unpaired) electrons. The summed E-state index contributed by atoms with van der Waals surface area (Å²) in [5.41, 5.74) is 0. The minimum Gasteiger partial charge on any atom is -0.462 e. The van der Waals surface area contributed by atoms with Crippen LogP contribution in [0, 0.1) is 17.8 Å². The van der Waals surface area contributed by atoms with Gasteiger partial charge in [-0.15, -0.1) is 0 Å². The van der Waals surface area contributed by atoms with E-state index in [1.165, 1.54) is 6.92 Å². The molecule has 1 amide bonds. The van der Waals surface area contributed by atoms with Gasteiger partial charge in [0.1, 0.15) is 30.5 Å². The summed E-state index contributed by atoms with van der Waals surface area (Å²) in [4.78, 5) is 31.1. The van der Waals surface area contributed by atoms with Gasteiger partial charge in [0, 0.05) is 63.7 Å². The van der Waals surface area contributed by atoms with Crippen LogP contribution in [0.4, 0.5) is 0 Å². The first-order valence-electron chi connectivity index (χ1n) is 29.1. The predicted octanol–water partition coefficient (Wildman–Crippen LogP) is -1.78. The average Bonchev–Trinajstić information content (AvgIpc) is 3.06. The number of carbonyl (C=O) groups is 2. The fourth-order valence-corrected chi connectivity index (χ4v) is 11.0. The van der Waals surface area contributed by atoms with E-state index in [2.05, 4.69) is 10.2 Å². The second-order valence-electron chi connectivity index (χ2n) is 23.0. The molecule has 5 aliphatic heterocycles. The Morgan fingerprint density at radius 1 is 0.651 bits per heavy atom. The maximum Gasteiger partial charge on any atom is 0.308 e. The number of aliphatic hydroxyl groups excluding tert-OH is 12. The lowest BCUT2D eigenvalue weighted by molar-refractivity contribution is -0.323. The summed E-state index contributed by atoms with van der Waals surface area (Å²) in [7, 11) is 0. The number of cyclic esters (lactones) is 1. The lowest BCUT2D eigenvalue weighted by Crippen LogP contribution is -2.69. The van der Waals surface area contributed by atoms with Gasteiger partial charge in [-0.05, 0) is 39.7 Å². The standard InChI is InChI=1S/C59H95N3O21/c1-6-61-23-25-62(26-24-61)56(76)49-45(68)32-58(77)31-41(65)28-44(67)43(66)22-21-39(63)27-40(64)29-48(70)80-37(4)36(3)51(71)35(2)19-17-15-13-11-9-7-8-10-12-14-16-18-20-42(30-47(49)83-58)82-57-54(74)50(52(72)38(5)81-57)60-34-59(78)55(75)53(73)46(69)33-79-59/h7-20,35-47,49-55,57,60,63-69,71-75,77-78H,6,21-34H2,1-5H3/t35-,36?,37-,38+,39+,40+,41-,42-,43+,44+,45-,46+,47?,49?,50-,51+,52+,53+,54-,55-,57?,58+,59+/m0/s1. The van der Waals surface area contributed by atoms with Crippen molar-refractivity contribution in [3.05, 3.63) is 85.1 Å². The van der Waals surface area contributed by atoms with Crippen LogP contribution in [0.5, 0.6) is 0 Å². The molecule has 472 valence electrons. The van der Waals surface area contributed by atoms with Crippen molar-refractivity contribution in [3.63, 3.8) is 0 Å². The van der Waals surface area contributed by atoms with Gasteiger partial charge in [0.15, 0.2) is 12.1 Å². The van der Waals surface area contributed by atoms with Crippen LogP contribution in [0.15, 0.2) is 85.1 Å². The van der Waals surface area contributed by atoms with Crippen LogP contribution in [-0.2, 0) is 33.3 Å². The zero-order chi connectivity index (χ0) is 61.2.